The average molecular weight is 605 g/mol. The van der Waals surface area contributed by atoms with Crippen molar-refractivity contribution in [2.75, 3.05) is 0 Å². The molecular weight excluding hydrogens is 569 g/mol. The summed E-state index contributed by atoms with van der Waals surface area (Å²) in [6.07, 6.45) is 3.30. The number of rotatable bonds is 8. The second-order valence-electron chi connectivity index (χ2n) is 12.4. The molecule has 8 rings (SSSR count). The average Bonchev–Trinajstić information content (AvgIpc) is 3.65. The smallest absolute Gasteiger partial charge is 0.0653 e. The van der Waals surface area contributed by atoms with Gasteiger partial charge in [0, 0.05) is 5.92 Å². The molecule has 0 amide bonds. The van der Waals surface area contributed by atoms with E-state index in [1.165, 1.54) is 77.2 Å². The fourth-order valence-corrected chi connectivity index (χ4v) is 9.24. The molecule has 0 N–H and O–H groups in total. The monoisotopic (exact) mass is 604 g/mol. The molecule has 220 valence electrons. The SMILES string of the molecule is CCCC1C(c2ccc(-c3ccccc3)cc2)=C([Si]C2=C(c3ccc(-c4ccccc4)cc3)Cc3ccccc32)c2ccccc21. The van der Waals surface area contributed by atoms with Crippen molar-refractivity contribution in [1.82, 2.24) is 0 Å². The molecule has 0 saturated heterocycles. The molecule has 46 heavy (non-hydrogen) atoms. The first kappa shape index (κ1) is 28.5. The third kappa shape index (κ3) is 5.21. The van der Waals surface area contributed by atoms with E-state index in [4.69, 9.17) is 0 Å². The first-order chi connectivity index (χ1) is 22.8. The van der Waals surface area contributed by atoms with Gasteiger partial charge < -0.3 is 0 Å². The van der Waals surface area contributed by atoms with E-state index in [9.17, 15) is 0 Å². The van der Waals surface area contributed by atoms with E-state index >= 15 is 0 Å². The first-order valence-corrected chi connectivity index (χ1v) is 17.5. The number of benzene rings is 6. The van der Waals surface area contributed by atoms with Crippen molar-refractivity contribution >= 4 is 31.1 Å². The molecule has 1 unspecified atom stereocenters. The van der Waals surface area contributed by atoms with Crippen molar-refractivity contribution in [2.24, 2.45) is 0 Å². The minimum absolute atomic E-state index is 0.414. The van der Waals surface area contributed by atoms with Gasteiger partial charge in [-0.1, -0.05) is 171 Å². The summed E-state index contributed by atoms with van der Waals surface area (Å²) in [6, 6.07) is 58.4. The van der Waals surface area contributed by atoms with Crippen molar-refractivity contribution in [1.29, 1.82) is 0 Å². The molecule has 2 aliphatic rings. The van der Waals surface area contributed by atoms with Crippen LogP contribution in [-0.4, -0.2) is 9.52 Å². The summed E-state index contributed by atoms with van der Waals surface area (Å²) in [5, 5.41) is 3.02. The molecule has 2 radical (unpaired) electrons. The Bertz CT molecular complexity index is 2060. The van der Waals surface area contributed by atoms with E-state index in [0.717, 1.165) is 19.3 Å². The largest absolute Gasteiger partial charge is 0.124 e. The molecule has 0 heterocycles. The highest BCUT2D eigenvalue weighted by Gasteiger charge is 2.34. The molecule has 2 aliphatic carbocycles. The zero-order valence-electron chi connectivity index (χ0n) is 26.2. The van der Waals surface area contributed by atoms with Crippen LogP contribution in [0.25, 0.3) is 43.8 Å². The molecule has 1 atom stereocenters. The van der Waals surface area contributed by atoms with E-state index in [1.807, 2.05) is 0 Å². The minimum atomic E-state index is 0.414. The lowest BCUT2D eigenvalue weighted by molar-refractivity contribution is 0.737. The van der Waals surface area contributed by atoms with Crippen LogP contribution in [0.1, 0.15) is 59.1 Å². The van der Waals surface area contributed by atoms with Crippen LogP contribution < -0.4 is 0 Å². The van der Waals surface area contributed by atoms with Crippen LogP contribution in [0.15, 0.2) is 158 Å². The van der Waals surface area contributed by atoms with Gasteiger partial charge in [0.2, 0.25) is 0 Å². The van der Waals surface area contributed by atoms with Gasteiger partial charge in [0.15, 0.2) is 0 Å². The number of allylic oxidation sites excluding steroid dienone is 2. The van der Waals surface area contributed by atoms with Crippen molar-refractivity contribution in [3.05, 3.63) is 191 Å². The van der Waals surface area contributed by atoms with Gasteiger partial charge in [-0.2, -0.15) is 0 Å². The van der Waals surface area contributed by atoms with E-state index in [-0.39, 0.29) is 0 Å². The van der Waals surface area contributed by atoms with Gasteiger partial charge in [0.25, 0.3) is 0 Å². The van der Waals surface area contributed by atoms with Gasteiger partial charge in [-0.05, 0) is 90.0 Å². The van der Waals surface area contributed by atoms with Crippen LogP contribution in [0.4, 0.5) is 0 Å². The second-order valence-corrected chi connectivity index (χ2v) is 13.7. The van der Waals surface area contributed by atoms with Gasteiger partial charge >= 0.3 is 0 Å². The zero-order valence-corrected chi connectivity index (χ0v) is 27.2. The van der Waals surface area contributed by atoms with Crippen LogP contribution in [-0.2, 0) is 6.42 Å². The molecule has 0 bridgehead atoms. The van der Waals surface area contributed by atoms with Gasteiger partial charge in [0.1, 0.15) is 9.52 Å². The summed E-state index contributed by atoms with van der Waals surface area (Å²) in [5.74, 6) is 0.414. The Hall–Kier alpha value is -4.98. The normalized spacial score (nSPS) is 15.3. The van der Waals surface area contributed by atoms with Gasteiger partial charge in [-0.25, -0.2) is 0 Å². The Morgan fingerprint density at radius 1 is 0.478 bits per heavy atom. The van der Waals surface area contributed by atoms with Crippen LogP contribution in [0.3, 0.4) is 0 Å². The zero-order chi connectivity index (χ0) is 30.9. The Balaban J connectivity index is 1.26. The Morgan fingerprint density at radius 2 is 0.978 bits per heavy atom. The standard InChI is InChI=1S/C45H36Si/c1-2-13-40-39-20-11-12-21-41(39)45(43(40)36-28-24-34(25-29-36)32-16-7-4-8-17-32)46-44-38-19-10-9-18-37(38)30-42(44)35-26-22-33(23-27-35)31-14-5-3-6-15-31/h3-12,14-29,40H,2,13,30H2,1H3. The fraction of sp³-hybridized carbons (Fsp3) is 0.111. The molecule has 6 aromatic carbocycles. The highest BCUT2D eigenvalue weighted by molar-refractivity contribution is 6.82. The Kier molecular flexibility index (Phi) is 7.70. The van der Waals surface area contributed by atoms with Gasteiger partial charge in [-0.15, -0.1) is 0 Å². The molecule has 0 nitrogen and oxygen atoms in total. The molecular formula is C45H36Si. The summed E-state index contributed by atoms with van der Waals surface area (Å²) in [4.78, 5) is 0. The second kappa shape index (κ2) is 12.4. The summed E-state index contributed by atoms with van der Waals surface area (Å²) >= 11 is 0. The molecule has 0 saturated carbocycles. The van der Waals surface area contributed by atoms with Gasteiger partial charge in [0.05, 0.1) is 0 Å². The lowest BCUT2D eigenvalue weighted by atomic mass is 9.87. The quantitative estimate of drug-likeness (QED) is 0.152. The van der Waals surface area contributed by atoms with Crippen LogP contribution in [0.5, 0.6) is 0 Å². The van der Waals surface area contributed by atoms with Crippen LogP contribution in [0.2, 0.25) is 0 Å². The van der Waals surface area contributed by atoms with E-state index in [1.54, 1.807) is 0 Å². The predicted molar refractivity (Wildman–Crippen MR) is 197 cm³/mol. The lowest BCUT2D eigenvalue weighted by Gasteiger charge is -2.18. The Morgan fingerprint density at radius 3 is 1.61 bits per heavy atom. The fourth-order valence-electron chi connectivity index (χ4n) is 7.41. The van der Waals surface area contributed by atoms with E-state index in [2.05, 4.69) is 165 Å². The van der Waals surface area contributed by atoms with Crippen LogP contribution in [0, 0.1) is 0 Å². The molecule has 0 spiro atoms. The maximum atomic E-state index is 2.38. The molecule has 6 aromatic rings. The third-order valence-corrected chi connectivity index (χ3v) is 11.3. The highest BCUT2D eigenvalue weighted by Crippen LogP contribution is 2.51. The van der Waals surface area contributed by atoms with E-state index < -0.39 is 0 Å². The topological polar surface area (TPSA) is 0 Å². The summed E-state index contributed by atoms with van der Waals surface area (Å²) in [7, 11) is 0.575. The minimum Gasteiger partial charge on any atom is -0.0653 e. The molecule has 0 aromatic heterocycles. The van der Waals surface area contributed by atoms with Crippen molar-refractivity contribution < 1.29 is 0 Å². The van der Waals surface area contributed by atoms with Crippen LogP contribution >= 0.6 is 0 Å². The highest BCUT2D eigenvalue weighted by atomic mass is 28.2. The van der Waals surface area contributed by atoms with E-state index in [0.29, 0.717) is 15.4 Å². The number of fused-ring (bicyclic) bond motifs is 2. The van der Waals surface area contributed by atoms with Gasteiger partial charge in [-0.3, -0.25) is 0 Å². The molecule has 0 fully saturated rings. The maximum Gasteiger partial charge on any atom is 0.124 e. The summed E-state index contributed by atoms with van der Waals surface area (Å²) in [5.41, 5.74) is 16.6. The molecule has 1 heteroatoms. The summed E-state index contributed by atoms with van der Waals surface area (Å²) < 4.78 is 0. The van der Waals surface area contributed by atoms with Crippen molar-refractivity contribution in [3.63, 3.8) is 0 Å². The number of hydrogen-bond acceptors (Lipinski definition) is 0. The Labute approximate surface area is 275 Å². The first-order valence-electron chi connectivity index (χ1n) is 16.5. The molecule has 0 aliphatic heterocycles. The van der Waals surface area contributed by atoms with Crippen molar-refractivity contribution in [2.45, 2.75) is 32.1 Å². The maximum absolute atomic E-state index is 2.38. The number of hydrogen-bond donors (Lipinski definition) is 0. The third-order valence-electron chi connectivity index (χ3n) is 9.65. The van der Waals surface area contributed by atoms with Crippen molar-refractivity contribution in [3.8, 4) is 22.3 Å². The lowest BCUT2D eigenvalue weighted by Crippen LogP contribution is -2.03. The predicted octanol–water partition coefficient (Wildman–Crippen LogP) is 11.6. The summed E-state index contributed by atoms with van der Waals surface area (Å²) in [6.45, 7) is 2.33.